The second-order valence-corrected chi connectivity index (χ2v) is 7.21. The fourth-order valence-electron chi connectivity index (χ4n) is 3.83. The fraction of sp³-hybridized carbons (Fsp3) is 0.300. The molecule has 0 saturated heterocycles. The van der Waals surface area contributed by atoms with E-state index in [2.05, 4.69) is 30.5 Å². The van der Waals surface area contributed by atoms with E-state index in [0.717, 1.165) is 42.5 Å². The molecule has 1 fully saturated rings. The highest BCUT2D eigenvalue weighted by Crippen LogP contribution is 2.28. The van der Waals surface area contributed by atoms with Crippen molar-refractivity contribution in [3.8, 4) is 5.82 Å². The lowest BCUT2D eigenvalue weighted by Crippen LogP contribution is -2.33. The number of rotatable bonds is 4. The van der Waals surface area contributed by atoms with E-state index in [9.17, 15) is 4.79 Å². The third kappa shape index (κ3) is 3.58. The molecule has 9 nitrogen and oxygen atoms in total. The number of hydrogen-bond donors (Lipinski definition) is 1. The van der Waals surface area contributed by atoms with Crippen LogP contribution in [0.3, 0.4) is 0 Å². The largest absolute Gasteiger partial charge is 0.366 e. The number of hydrogen-bond acceptors (Lipinski definition) is 7. The molecule has 0 bridgehead atoms. The van der Waals surface area contributed by atoms with Gasteiger partial charge in [0.05, 0.1) is 23.3 Å². The van der Waals surface area contributed by atoms with Crippen molar-refractivity contribution < 1.29 is 0 Å². The van der Waals surface area contributed by atoms with Gasteiger partial charge in [0, 0.05) is 12.1 Å². The Balaban J connectivity index is 1.28. The monoisotopic (exact) mass is 388 g/mol. The van der Waals surface area contributed by atoms with Gasteiger partial charge in [0.25, 0.3) is 5.56 Å². The Morgan fingerprint density at radius 1 is 1.00 bits per heavy atom. The summed E-state index contributed by atoms with van der Waals surface area (Å²) in [6.07, 6.45) is 8.40. The van der Waals surface area contributed by atoms with E-state index in [4.69, 9.17) is 0 Å². The number of fused-ring (bicyclic) bond motifs is 1. The van der Waals surface area contributed by atoms with Gasteiger partial charge in [-0.3, -0.25) is 9.78 Å². The van der Waals surface area contributed by atoms with Crippen LogP contribution in [0.15, 0.2) is 60.0 Å². The Morgan fingerprint density at radius 2 is 1.83 bits per heavy atom. The summed E-state index contributed by atoms with van der Waals surface area (Å²) in [5, 5.41) is 12.1. The fourth-order valence-corrected chi connectivity index (χ4v) is 3.83. The smallest absolute Gasteiger partial charge is 0.267 e. The number of nitrogens with zero attached hydrogens (tertiary/aromatic N) is 7. The Labute approximate surface area is 166 Å². The molecule has 1 aliphatic rings. The SMILES string of the molecule is O=c1ccc(-n2cncn2)nn1C1CCC(Nc2cnc3ccccc3n2)CC1. The number of anilines is 1. The van der Waals surface area contributed by atoms with Crippen molar-refractivity contribution in [2.45, 2.75) is 37.8 Å². The molecule has 0 spiro atoms. The summed E-state index contributed by atoms with van der Waals surface area (Å²) in [5.74, 6) is 1.38. The van der Waals surface area contributed by atoms with Gasteiger partial charge in [0.2, 0.25) is 0 Å². The van der Waals surface area contributed by atoms with Gasteiger partial charge in [-0.05, 0) is 43.9 Å². The van der Waals surface area contributed by atoms with Crippen LogP contribution in [0, 0.1) is 0 Å². The van der Waals surface area contributed by atoms with Gasteiger partial charge in [-0.2, -0.15) is 5.10 Å². The quantitative estimate of drug-likeness (QED) is 0.572. The van der Waals surface area contributed by atoms with Crippen LogP contribution < -0.4 is 10.9 Å². The van der Waals surface area contributed by atoms with Crippen molar-refractivity contribution in [1.29, 1.82) is 0 Å². The first-order valence-corrected chi connectivity index (χ1v) is 9.69. The lowest BCUT2D eigenvalue weighted by Gasteiger charge is -2.29. The normalized spacial score (nSPS) is 19.3. The van der Waals surface area contributed by atoms with Crippen LogP contribution in [-0.4, -0.2) is 40.6 Å². The van der Waals surface area contributed by atoms with Crippen LogP contribution in [0.2, 0.25) is 0 Å². The van der Waals surface area contributed by atoms with Gasteiger partial charge < -0.3 is 5.32 Å². The Hall–Kier alpha value is -3.62. The minimum atomic E-state index is -0.0920. The number of nitrogens with one attached hydrogen (secondary N) is 1. The molecular formula is C20H20N8O. The second kappa shape index (κ2) is 7.42. The summed E-state index contributed by atoms with van der Waals surface area (Å²) in [5.41, 5.74) is 1.68. The molecule has 0 atom stereocenters. The minimum Gasteiger partial charge on any atom is -0.366 e. The predicted octanol–water partition coefficient (Wildman–Crippen LogP) is 2.36. The molecule has 29 heavy (non-hydrogen) atoms. The summed E-state index contributed by atoms with van der Waals surface area (Å²) >= 11 is 0. The van der Waals surface area contributed by atoms with Gasteiger partial charge >= 0.3 is 0 Å². The van der Waals surface area contributed by atoms with E-state index in [1.54, 1.807) is 34.0 Å². The first kappa shape index (κ1) is 17.5. The highest BCUT2D eigenvalue weighted by atomic mass is 16.1. The molecule has 1 aliphatic carbocycles. The average Bonchev–Trinajstić information content (AvgIpc) is 3.30. The van der Waals surface area contributed by atoms with Crippen LogP contribution in [-0.2, 0) is 0 Å². The van der Waals surface area contributed by atoms with Crippen LogP contribution in [0.25, 0.3) is 16.9 Å². The van der Waals surface area contributed by atoms with Crippen LogP contribution in [0.5, 0.6) is 0 Å². The van der Waals surface area contributed by atoms with Crippen molar-refractivity contribution in [2.24, 2.45) is 0 Å². The Morgan fingerprint density at radius 3 is 2.62 bits per heavy atom. The Bertz CT molecular complexity index is 1180. The molecule has 0 unspecified atom stereocenters. The summed E-state index contributed by atoms with van der Waals surface area (Å²) in [7, 11) is 0. The molecule has 1 aromatic carbocycles. The number of benzene rings is 1. The summed E-state index contributed by atoms with van der Waals surface area (Å²) in [6, 6.07) is 11.4. The number of aromatic nitrogens is 7. The maximum atomic E-state index is 12.4. The van der Waals surface area contributed by atoms with Crippen molar-refractivity contribution >= 4 is 16.9 Å². The highest BCUT2D eigenvalue weighted by Gasteiger charge is 2.24. The zero-order valence-electron chi connectivity index (χ0n) is 15.7. The Kier molecular flexibility index (Phi) is 4.47. The van der Waals surface area contributed by atoms with Gasteiger partial charge in [0.1, 0.15) is 18.5 Å². The topological polar surface area (TPSA) is 103 Å². The first-order valence-electron chi connectivity index (χ1n) is 9.69. The zero-order valence-corrected chi connectivity index (χ0v) is 15.7. The maximum absolute atomic E-state index is 12.4. The molecule has 0 amide bonds. The van der Waals surface area contributed by atoms with E-state index in [1.807, 2.05) is 24.3 Å². The molecule has 0 aliphatic heterocycles. The van der Waals surface area contributed by atoms with E-state index in [-0.39, 0.29) is 11.6 Å². The lowest BCUT2D eigenvalue weighted by molar-refractivity contribution is 0.302. The molecular weight excluding hydrogens is 368 g/mol. The third-order valence-corrected chi connectivity index (χ3v) is 5.31. The summed E-state index contributed by atoms with van der Waals surface area (Å²) in [6.45, 7) is 0. The second-order valence-electron chi connectivity index (χ2n) is 7.21. The molecule has 1 N–H and O–H groups in total. The van der Waals surface area contributed by atoms with Crippen LogP contribution >= 0.6 is 0 Å². The van der Waals surface area contributed by atoms with E-state index in [0.29, 0.717) is 11.9 Å². The van der Waals surface area contributed by atoms with Gasteiger partial charge in [-0.15, -0.1) is 5.10 Å². The van der Waals surface area contributed by atoms with Crippen molar-refractivity contribution in [3.05, 3.63) is 65.6 Å². The molecule has 0 radical (unpaired) electrons. The molecule has 3 heterocycles. The van der Waals surface area contributed by atoms with Crippen molar-refractivity contribution in [1.82, 2.24) is 34.5 Å². The third-order valence-electron chi connectivity index (χ3n) is 5.31. The molecule has 5 rings (SSSR count). The first-order chi connectivity index (χ1) is 14.3. The highest BCUT2D eigenvalue weighted by molar-refractivity contribution is 5.75. The van der Waals surface area contributed by atoms with Crippen molar-refractivity contribution in [3.63, 3.8) is 0 Å². The lowest BCUT2D eigenvalue weighted by atomic mass is 9.91. The average molecular weight is 388 g/mol. The van der Waals surface area contributed by atoms with Gasteiger partial charge in [-0.1, -0.05) is 12.1 Å². The zero-order chi connectivity index (χ0) is 19.6. The molecule has 1 saturated carbocycles. The van der Waals surface area contributed by atoms with Crippen LogP contribution in [0.4, 0.5) is 5.82 Å². The number of para-hydroxylation sites is 2. The summed E-state index contributed by atoms with van der Waals surface area (Å²) in [4.78, 5) is 25.4. The summed E-state index contributed by atoms with van der Waals surface area (Å²) < 4.78 is 3.14. The minimum absolute atomic E-state index is 0.0757. The molecule has 9 heteroatoms. The van der Waals surface area contributed by atoms with E-state index < -0.39 is 0 Å². The molecule has 3 aromatic heterocycles. The van der Waals surface area contributed by atoms with E-state index in [1.165, 1.54) is 6.33 Å². The van der Waals surface area contributed by atoms with Gasteiger partial charge in [0.15, 0.2) is 5.82 Å². The molecule has 146 valence electrons. The molecule has 4 aromatic rings. The predicted molar refractivity (Wildman–Crippen MR) is 108 cm³/mol. The van der Waals surface area contributed by atoms with Crippen LogP contribution in [0.1, 0.15) is 31.7 Å². The standard InChI is InChI=1S/C20H20N8O/c29-20-10-9-19(27-13-21-12-23-27)26-28(20)15-7-5-14(6-8-15)24-18-11-22-16-3-1-2-4-17(16)25-18/h1-4,9-15H,5-8H2,(H,24,25). The van der Waals surface area contributed by atoms with Gasteiger partial charge in [-0.25, -0.2) is 19.3 Å². The maximum Gasteiger partial charge on any atom is 0.267 e. The van der Waals surface area contributed by atoms with Crippen molar-refractivity contribution in [2.75, 3.05) is 5.32 Å². The van der Waals surface area contributed by atoms with E-state index >= 15 is 0 Å².